The molecular weight excluding hydrogens is 214 g/mol. The van der Waals surface area contributed by atoms with Crippen LogP contribution >= 0.6 is 0 Å². The molecule has 92 valence electrons. The number of aliphatic hydroxyl groups excluding tert-OH is 3. The van der Waals surface area contributed by atoms with Crippen molar-refractivity contribution >= 4 is 0 Å². The van der Waals surface area contributed by atoms with Crippen molar-refractivity contribution in [2.45, 2.75) is 31.7 Å². The maximum Gasteiger partial charge on any atom is 0.109 e. The molecule has 3 atom stereocenters. The van der Waals surface area contributed by atoms with E-state index in [0.29, 0.717) is 13.0 Å². The Hall–Kier alpha value is -1.02. The van der Waals surface area contributed by atoms with Gasteiger partial charge in [-0.2, -0.15) is 15.4 Å². The van der Waals surface area contributed by atoms with E-state index >= 15 is 0 Å². The van der Waals surface area contributed by atoms with Gasteiger partial charge in [0.25, 0.3) is 0 Å². The smallest absolute Gasteiger partial charge is 0.109 e. The van der Waals surface area contributed by atoms with Crippen LogP contribution in [0.5, 0.6) is 0 Å². The minimum Gasteiger partial charge on any atom is -0.394 e. The van der Waals surface area contributed by atoms with Crippen LogP contribution in [0.3, 0.4) is 0 Å². The molecular formula is C9H17N3O4. The van der Waals surface area contributed by atoms with Crippen LogP contribution in [-0.4, -0.2) is 62.3 Å². The van der Waals surface area contributed by atoms with Gasteiger partial charge >= 0.3 is 0 Å². The number of nitrogens with one attached hydrogen (secondary N) is 1. The van der Waals surface area contributed by atoms with Gasteiger partial charge in [-0.3, -0.25) is 0 Å². The highest BCUT2D eigenvalue weighted by atomic mass is 16.5. The maximum atomic E-state index is 9.10. The van der Waals surface area contributed by atoms with Crippen LogP contribution in [0.1, 0.15) is 12.1 Å². The molecule has 0 radical (unpaired) electrons. The van der Waals surface area contributed by atoms with Crippen molar-refractivity contribution in [2.75, 3.05) is 13.2 Å². The third-order valence-corrected chi connectivity index (χ3v) is 2.24. The lowest BCUT2D eigenvalue weighted by Crippen LogP contribution is -2.46. The topological polar surface area (TPSA) is 111 Å². The first kappa shape index (κ1) is 13.0. The van der Waals surface area contributed by atoms with E-state index in [1.807, 2.05) is 6.92 Å². The molecule has 0 spiro atoms. The van der Waals surface area contributed by atoms with Crippen LogP contribution in [-0.2, 0) is 4.74 Å². The average molecular weight is 231 g/mol. The standard InChI is InChI=1S/C6H12O4.C3H5N3/c7-3-5-6(9)4(8)1-2-10-5;1-3-2-4-6-5-3/h4-9H,1-3H2;2H,1H3,(H,4,5,6). The number of rotatable bonds is 1. The lowest BCUT2D eigenvalue weighted by molar-refractivity contribution is -0.147. The zero-order valence-corrected chi connectivity index (χ0v) is 9.08. The molecule has 16 heavy (non-hydrogen) atoms. The summed E-state index contributed by atoms with van der Waals surface area (Å²) in [5.74, 6) is 0. The van der Waals surface area contributed by atoms with Crippen LogP contribution in [0.15, 0.2) is 6.20 Å². The number of hydrogen-bond donors (Lipinski definition) is 4. The second-order valence-corrected chi connectivity index (χ2v) is 3.55. The predicted molar refractivity (Wildman–Crippen MR) is 54.6 cm³/mol. The Bertz CT molecular complexity index is 280. The normalized spacial score (nSPS) is 29.4. The van der Waals surface area contributed by atoms with E-state index in [4.69, 9.17) is 20.1 Å². The molecule has 1 aromatic rings. The van der Waals surface area contributed by atoms with Crippen molar-refractivity contribution in [3.05, 3.63) is 11.9 Å². The van der Waals surface area contributed by atoms with Crippen molar-refractivity contribution in [1.29, 1.82) is 0 Å². The lowest BCUT2D eigenvalue weighted by Gasteiger charge is -2.30. The van der Waals surface area contributed by atoms with E-state index in [2.05, 4.69) is 15.4 Å². The zero-order chi connectivity index (χ0) is 12.0. The van der Waals surface area contributed by atoms with Gasteiger partial charge in [-0.05, 0) is 13.3 Å². The summed E-state index contributed by atoms with van der Waals surface area (Å²) < 4.78 is 4.95. The average Bonchev–Trinajstić information content (AvgIpc) is 2.74. The summed E-state index contributed by atoms with van der Waals surface area (Å²) in [6.45, 7) is 2.05. The molecule has 1 aromatic heterocycles. The lowest BCUT2D eigenvalue weighted by atomic mass is 10.0. The van der Waals surface area contributed by atoms with E-state index in [1.54, 1.807) is 6.20 Å². The number of ether oxygens (including phenoxy) is 1. The third-order valence-electron chi connectivity index (χ3n) is 2.24. The van der Waals surface area contributed by atoms with E-state index in [1.165, 1.54) is 0 Å². The Morgan fingerprint density at radius 3 is 2.69 bits per heavy atom. The molecule has 0 aliphatic carbocycles. The molecule has 4 N–H and O–H groups in total. The molecule has 2 heterocycles. The zero-order valence-electron chi connectivity index (χ0n) is 9.08. The maximum absolute atomic E-state index is 9.10. The fourth-order valence-corrected chi connectivity index (χ4v) is 1.28. The van der Waals surface area contributed by atoms with Crippen molar-refractivity contribution < 1.29 is 20.1 Å². The number of aromatic amines is 1. The Kier molecular flexibility index (Phi) is 5.33. The van der Waals surface area contributed by atoms with Gasteiger partial charge in [-0.1, -0.05) is 0 Å². The van der Waals surface area contributed by atoms with Crippen molar-refractivity contribution in [1.82, 2.24) is 15.4 Å². The second-order valence-electron chi connectivity index (χ2n) is 3.55. The van der Waals surface area contributed by atoms with Crippen LogP contribution in [0.4, 0.5) is 0 Å². The first-order chi connectivity index (χ1) is 7.65. The number of aliphatic hydroxyl groups is 3. The van der Waals surface area contributed by atoms with Gasteiger partial charge in [0.1, 0.15) is 12.2 Å². The predicted octanol–water partition coefficient (Wildman–Crippen LogP) is -1.40. The van der Waals surface area contributed by atoms with E-state index in [9.17, 15) is 0 Å². The molecule has 1 saturated heterocycles. The van der Waals surface area contributed by atoms with Gasteiger partial charge in [0, 0.05) is 6.61 Å². The first-order valence-corrected chi connectivity index (χ1v) is 5.06. The first-order valence-electron chi connectivity index (χ1n) is 5.06. The molecule has 1 aliphatic rings. The molecule has 0 bridgehead atoms. The van der Waals surface area contributed by atoms with Crippen LogP contribution in [0.25, 0.3) is 0 Å². The summed E-state index contributed by atoms with van der Waals surface area (Å²) in [6, 6.07) is 0. The Labute approximate surface area is 93.1 Å². The quantitative estimate of drug-likeness (QED) is 0.473. The highest BCUT2D eigenvalue weighted by Crippen LogP contribution is 2.13. The van der Waals surface area contributed by atoms with Crippen LogP contribution < -0.4 is 0 Å². The van der Waals surface area contributed by atoms with Crippen molar-refractivity contribution in [3.63, 3.8) is 0 Å². The molecule has 0 amide bonds. The third kappa shape index (κ3) is 3.86. The number of nitrogens with zero attached hydrogens (tertiary/aromatic N) is 2. The molecule has 1 fully saturated rings. The van der Waals surface area contributed by atoms with Gasteiger partial charge in [-0.15, -0.1) is 0 Å². The molecule has 0 aromatic carbocycles. The molecule has 1 aliphatic heterocycles. The van der Waals surface area contributed by atoms with Gasteiger partial charge in [0.05, 0.1) is 24.6 Å². The number of hydrogen-bond acceptors (Lipinski definition) is 6. The van der Waals surface area contributed by atoms with Gasteiger partial charge < -0.3 is 20.1 Å². The number of aromatic nitrogens is 3. The van der Waals surface area contributed by atoms with E-state index in [-0.39, 0.29) is 6.61 Å². The molecule has 7 heteroatoms. The summed E-state index contributed by atoms with van der Waals surface area (Å²) in [5.41, 5.74) is 0.926. The van der Waals surface area contributed by atoms with Crippen LogP contribution in [0, 0.1) is 6.92 Å². The second kappa shape index (κ2) is 6.54. The molecule has 7 nitrogen and oxygen atoms in total. The summed E-state index contributed by atoms with van der Waals surface area (Å²) in [5, 5.41) is 36.4. The van der Waals surface area contributed by atoms with E-state index in [0.717, 1.165) is 5.69 Å². The summed E-state index contributed by atoms with van der Waals surface area (Å²) >= 11 is 0. The van der Waals surface area contributed by atoms with Gasteiger partial charge in [0.15, 0.2) is 0 Å². The minimum atomic E-state index is -0.932. The fourth-order valence-electron chi connectivity index (χ4n) is 1.28. The Morgan fingerprint density at radius 1 is 1.56 bits per heavy atom. The van der Waals surface area contributed by atoms with Gasteiger partial charge in [-0.25, -0.2) is 0 Å². The van der Waals surface area contributed by atoms with E-state index < -0.39 is 18.3 Å². The SMILES string of the molecule is Cc1cn[nH]n1.OCC1OCCC(O)C1O. The summed E-state index contributed by atoms with van der Waals surface area (Å²) in [7, 11) is 0. The monoisotopic (exact) mass is 231 g/mol. The van der Waals surface area contributed by atoms with Crippen LogP contribution in [0.2, 0.25) is 0 Å². The Morgan fingerprint density at radius 2 is 2.31 bits per heavy atom. The number of H-pyrrole nitrogens is 1. The fraction of sp³-hybridized carbons (Fsp3) is 0.778. The molecule has 3 unspecified atom stereocenters. The van der Waals surface area contributed by atoms with Gasteiger partial charge in [0.2, 0.25) is 0 Å². The van der Waals surface area contributed by atoms with Crippen molar-refractivity contribution in [3.8, 4) is 0 Å². The number of aryl methyl sites for hydroxylation is 1. The molecule has 0 saturated carbocycles. The largest absolute Gasteiger partial charge is 0.394 e. The summed E-state index contributed by atoms with van der Waals surface area (Å²) in [6.07, 6.45) is -0.175. The molecule has 2 rings (SSSR count). The Balaban J connectivity index is 0.000000181. The highest BCUT2D eigenvalue weighted by molar-refractivity contribution is 4.83. The minimum absolute atomic E-state index is 0.238. The van der Waals surface area contributed by atoms with Crippen molar-refractivity contribution in [2.24, 2.45) is 0 Å². The highest BCUT2D eigenvalue weighted by Gasteiger charge is 2.30. The summed E-state index contributed by atoms with van der Waals surface area (Å²) in [4.78, 5) is 0.